The fourth-order valence-electron chi connectivity index (χ4n) is 1.63. The maximum Gasteiger partial charge on any atom is 0.0277 e. The molecule has 0 aliphatic carbocycles. The molecular formula is C11H21N. The number of hydrogen-bond acceptors (Lipinski definition) is 1. The summed E-state index contributed by atoms with van der Waals surface area (Å²) < 4.78 is 0. The van der Waals surface area contributed by atoms with Crippen molar-refractivity contribution in [2.75, 3.05) is 7.05 Å². The van der Waals surface area contributed by atoms with Crippen LogP contribution >= 0.6 is 0 Å². The molecule has 1 heteroatoms. The second-order valence-electron chi connectivity index (χ2n) is 3.58. The molecule has 70 valence electrons. The van der Waals surface area contributed by atoms with Crippen molar-refractivity contribution in [3.8, 4) is 0 Å². The van der Waals surface area contributed by atoms with Gasteiger partial charge in [0, 0.05) is 13.3 Å². The van der Waals surface area contributed by atoms with Crippen molar-refractivity contribution in [1.82, 2.24) is 0 Å². The van der Waals surface area contributed by atoms with Gasteiger partial charge >= 0.3 is 0 Å². The van der Waals surface area contributed by atoms with E-state index < -0.39 is 0 Å². The quantitative estimate of drug-likeness (QED) is 0.570. The second-order valence-corrected chi connectivity index (χ2v) is 3.58. The number of rotatable bonds is 4. The van der Waals surface area contributed by atoms with Crippen LogP contribution in [0.25, 0.3) is 0 Å². The molecule has 1 unspecified atom stereocenters. The molecule has 12 heavy (non-hydrogen) atoms. The highest BCUT2D eigenvalue weighted by Crippen LogP contribution is 2.22. The first-order chi connectivity index (χ1) is 5.63. The summed E-state index contributed by atoms with van der Waals surface area (Å²) in [5, 5.41) is 0. The average Bonchev–Trinajstić information content (AvgIpc) is 2.01. The van der Waals surface area contributed by atoms with Crippen LogP contribution in [0, 0.1) is 11.8 Å². The Morgan fingerprint density at radius 2 is 2.00 bits per heavy atom. The van der Waals surface area contributed by atoms with E-state index in [-0.39, 0.29) is 0 Å². The molecular weight excluding hydrogens is 146 g/mol. The van der Waals surface area contributed by atoms with E-state index >= 15 is 0 Å². The normalized spacial score (nSPS) is 16.0. The van der Waals surface area contributed by atoms with Gasteiger partial charge < -0.3 is 0 Å². The Labute approximate surface area is 76.6 Å². The Bertz CT molecular complexity index is 166. The monoisotopic (exact) mass is 167 g/mol. The van der Waals surface area contributed by atoms with Crippen LogP contribution < -0.4 is 0 Å². The Hall–Kier alpha value is -0.590. The van der Waals surface area contributed by atoms with E-state index in [1.165, 1.54) is 12.0 Å². The molecule has 0 bridgehead atoms. The summed E-state index contributed by atoms with van der Waals surface area (Å²) >= 11 is 0. The van der Waals surface area contributed by atoms with Crippen molar-refractivity contribution in [2.24, 2.45) is 16.8 Å². The first-order valence-corrected chi connectivity index (χ1v) is 4.72. The molecule has 0 spiro atoms. The zero-order valence-electron chi connectivity index (χ0n) is 8.96. The number of nitrogens with zero attached hydrogens (tertiary/aromatic N) is 1. The molecule has 0 aromatic rings. The van der Waals surface area contributed by atoms with Crippen molar-refractivity contribution < 1.29 is 0 Å². The molecule has 0 amide bonds. The van der Waals surface area contributed by atoms with Gasteiger partial charge in [0.05, 0.1) is 0 Å². The standard InChI is InChI=1S/C11H21N/c1-6-11(9(2)3)10(4)7-8-12-5/h7-9,11H,6H2,1-5H3/b10-7+,12-8?. The molecule has 0 aliphatic rings. The highest BCUT2D eigenvalue weighted by Gasteiger charge is 2.11. The Balaban J connectivity index is 4.30. The van der Waals surface area contributed by atoms with E-state index in [1.807, 2.05) is 6.21 Å². The molecule has 0 N–H and O–H groups in total. The van der Waals surface area contributed by atoms with Crippen LogP contribution in [0.2, 0.25) is 0 Å². The fourth-order valence-corrected chi connectivity index (χ4v) is 1.63. The molecule has 0 saturated heterocycles. The third kappa shape index (κ3) is 3.70. The van der Waals surface area contributed by atoms with Crippen LogP contribution in [-0.4, -0.2) is 13.3 Å². The van der Waals surface area contributed by atoms with E-state index in [0.29, 0.717) is 5.92 Å². The lowest BCUT2D eigenvalue weighted by molar-refractivity contribution is 0.431. The lowest BCUT2D eigenvalue weighted by Crippen LogP contribution is -2.08. The van der Waals surface area contributed by atoms with Crippen LogP contribution in [0.4, 0.5) is 0 Å². The van der Waals surface area contributed by atoms with E-state index in [9.17, 15) is 0 Å². The average molecular weight is 167 g/mol. The van der Waals surface area contributed by atoms with E-state index in [4.69, 9.17) is 0 Å². The predicted octanol–water partition coefficient (Wildman–Crippen LogP) is 3.32. The van der Waals surface area contributed by atoms with E-state index in [1.54, 1.807) is 7.05 Å². The highest BCUT2D eigenvalue weighted by molar-refractivity contribution is 5.71. The maximum atomic E-state index is 3.95. The lowest BCUT2D eigenvalue weighted by atomic mass is 9.87. The van der Waals surface area contributed by atoms with Crippen LogP contribution in [0.15, 0.2) is 16.6 Å². The minimum Gasteiger partial charge on any atom is -0.297 e. The van der Waals surface area contributed by atoms with Gasteiger partial charge in [-0.25, -0.2) is 0 Å². The fraction of sp³-hybridized carbons (Fsp3) is 0.727. The third-order valence-corrected chi connectivity index (χ3v) is 2.32. The molecule has 0 aromatic carbocycles. The molecule has 1 nitrogen and oxygen atoms in total. The summed E-state index contributed by atoms with van der Waals surface area (Å²) in [6, 6.07) is 0. The van der Waals surface area contributed by atoms with Gasteiger partial charge in [0.25, 0.3) is 0 Å². The molecule has 0 radical (unpaired) electrons. The first-order valence-electron chi connectivity index (χ1n) is 4.72. The minimum absolute atomic E-state index is 0.711. The summed E-state index contributed by atoms with van der Waals surface area (Å²) in [7, 11) is 1.81. The highest BCUT2D eigenvalue weighted by atomic mass is 14.6. The van der Waals surface area contributed by atoms with Crippen molar-refractivity contribution in [2.45, 2.75) is 34.1 Å². The van der Waals surface area contributed by atoms with E-state index in [2.05, 4.69) is 38.8 Å². The number of hydrogen-bond donors (Lipinski definition) is 0. The van der Waals surface area contributed by atoms with Gasteiger partial charge in [0.1, 0.15) is 0 Å². The van der Waals surface area contributed by atoms with Crippen LogP contribution in [0.5, 0.6) is 0 Å². The third-order valence-electron chi connectivity index (χ3n) is 2.32. The Morgan fingerprint density at radius 1 is 1.42 bits per heavy atom. The molecule has 0 aliphatic heterocycles. The maximum absolute atomic E-state index is 3.95. The number of allylic oxidation sites excluding steroid dienone is 2. The lowest BCUT2D eigenvalue weighted by Gasteiger charge is -2.19. The topological polar surface area (TPSA) is 12.4 Å². The number of aliphatic imine (C=N–C) groups is 1. The van der Waals surface area contributed by atoms with Gasteiger partial charge in [-0.3, -0.25) is 4.99 Å². The van der Waals surface area contributed by atoms with Crippen molar-refractivity contribution in [3.05, 3.63) is 11.6 Å². The second kappa shape index (κ2) is 5.99. The zero-order valence-corrected chi connectivity index (χ0v) is 8.96. The van der Waals surface area contributed by atoms with Gasteiger partial charge in [-0.15, -0.1) is 0 Å². The molecule has 0 saturated carbocycles. The summed E-state index contributed by atoms with van der Waals surface area (Å²) in [5.74, 6) is 1.44. The SMILES string of the molecule is CCC(/C(C)=C/C=NC)C(C)C. The van der Waals surface area contributed by atoms with Gasteiger partial charge in [-0.05, 0) is 31.3 Å². The van der Waals surface area contributed by atoms with Gasteiger partial charge in [-0.2, -0.15) is 0 Å². The molecule has 0 fully saturated rings. The van der Waals surface area contributed by atoms with Crippen molar-refractivity contribution in [3.63, 3.8) is 0 Å². The Kier molecular flexibility index (Phi) is 5.69. The minimum atomic E-state index is 0.711. The first kappa shape index (κ1) is 11.4. The summed E-state index contributed by atoms with van der Waals surface area (Å²) in [4.78, 5) is 3.95. The van der Waals surface area contributed by atoms with Crippen LogP contribution in [-0.2, 0) is 0 Å². The van der Waals surface area contributed by atoms with E-state index in [0.717, 1.165) is 5.92 Å². The molecule has 1 atom stereocenters. The summed E-state index contributed by atoms with van der Waals surface area (Å²) in [5.41, 5.74) is 1.44. The van der Waals surface area contributed by atoms with Crippen LogP contribution in [0.3, 0.4) is 0 Å². The molecule has 0 aromatic heterocycles. The van der Waals surface area contributed by atoms with Crippen molar-refractivity contribution in [1.29, 1.82) is 0 Å². The zero-order chi connectivity index (χ0) is 9.56. The molecule has 0 heterocycles. The predicted molar refractivity (Wildman–Crippen MR) is 56.8 cm³/mol. The smallest absolute Gasteiger partial charge is 0.0277 e. The summed E-state index contributed by atoms with van der Waals surface area (Å²) in [6.07, 6.45) is 5.21. The van der Waals surface area contributed by atoms with Gasteiger partial charge in [0.15, 0.2) is 0 Å². The van der Waals surface area contributed by atoms with Crippen molar-refractivity contribution >= 4 is 6.21 Å². The Morgan fingerprint density at radius 3 is 2.33 bits per heavy atom. The van der Waals surface area contributed by atoms with Gasteiger partial charge in [-0.1, -0.05) is 26.3 Å². The largest absolute Gasteiger partial charge is 0.297 e. The molecule has 0 rings (SSSR count). The summed E-state index contributed by atoms with van der Waals surface area (Å²) in [6.45, 7) is 8.98. The van der Waals surface area contributed by atoms with Crippen LogP contribution in [0.1, 0.15) is 34.1 Å². The van der Waals surface area contributed by atoms with Gasteiger partial charge in [0.2, 0.25) is 0 Å².